The van der Waals surface area contributed by atoms with Crippen LogP contribution in [0.1, 0.15) is 55.7 Å². The van der Waals surface area contributed by atoms with Crippen molar-refractivity contribution in [2.45, 2.75) is 44.6 Å². The summed E-state index contributed by atoms with van der Waals surface area (Å²) < 4.78 is 5.38. The summed E-state index contributed by atoms with van der Waals surface area (Å²) in [4.78, 5) is 14.8. The fourth-order valence-corrected chi connectivity index (χ4v) is 5.53. The first-order valence-corrected chi connectivity index (χ1v) is 12.4. The predicted molar refractivity (Wildman–Crippen MR) is 132 cm³/mol. The molecule has 0 spiro atoms. The maximum Gasteiger partial charge on any atom is 0.225 e. The predicted octanol–water partition coefficient (Wildman–Crippen LogP) is 6.95. The van der Waals surface area contributed by atoms with E-state index < -0.39 is 0 Å². The molecule has 32 heavy (non-hydrogen) atoms. The molecule has 1 amide bonds. The maximum atomic E-state index is 12.8. The Morgan fingerprint density at radius 3 is 2.41 bits per heavy atom. The van der Waals surface area contributed by atoms with Gasteiger partial charge in [-0.15, -0.1) is 0 Å². The van der Waals surface area contributed by atoms with Crippen LogP contribution in [0.2, 0.25) is 15.1 Å². The number of rotatable bonds is 5. The van der Waals surface area contributed by atoms with Crippen LogP contribution in [-0.2, 0) is 9.53 Å². The molecule has 1 saturated heterocycles. The van der Waals surface area contributed by atoms with Gasteiger partial charge in [0.05, 0.1) is 30.0 Å². The lowest BCUT2D eigenvalue weighted by Crippen LogP contribution is -2.44. The average Bonchev–Trinajstić information content (AvgIpc) is 2.80. The van der Waals surface area contributed by atoms with E-state index >= 15 is 0 Å². The number of benzene rings is 2. The second-order valence-corrected chi connectivity index (χ2v) is 10.0. The van der Waals surface area contributed by atoms with Crippen molar-refractivity contribution < 1.29 is 9.53 Å². The summed E-state index contributed by atoms with van der Waals surface area (Å²) in [5.41, 5.74) is 3.14. The van der Waals surface area contributed by atoms with Gasteiger partial charge in [0.2, 0.25) is 5.91 Å². The van der Waals surface area contributed by atoms with Gasteiger partial charge in [0, 0.05) is 29.1 Å². The van der Waals surface area contributed by atoms with E-state index in [1.54, 1.807) is 6.07 Å². The fraction of sp³-hybridized carbons (Fsp3) is 0.480. The van der Waals surface area contributed by atoms with Crippen molar-refractivity contribution >= 4 is 46.4 Å². The fourth-order valence-electron chi connectivity index (χ4n) is 4.79. The number of anilines is 1. The minimum absolute atomic E-state index is 0.0191. The number of hydrogen-bond acceptors (Lipinski definition) is 3. The minimum Gasteiger partial charge on any atom is -0.378 e. The van der Waals surface area contributed by atoms with Crippen molar-refractivity contribution in [2.75, 3.05) is 31.6 Å². The standard InChI is InChI=1S/C25H29Cl3N2O2/c1-16(21-8-7-20(26)15-23(21)28)29-24-14-19(6-9-22(24)27)17-2-4-18(5-3-17)25(31)30-10-12-32-13-11-30/h6-9,14-18,29H,2-5,10-13H2,1H3. The third-order valence-electron chi connectivity index (χ3n) is 6.66. The Labute approximate surface area is 205 Å². The monoisotopic (exact) mass is 494 g/mol. The van der Waals surface area contributed by atoms with Crippen molar-refractivity contribution in [1.29, 1.82) is 0 Å². The highest BCUT2D eigenvalue weighted by atomic mass is 35.5. The van der Waals surface area contributed by atoms with Gasteiger partial charge in [0.15, 0.2) is 0 Å². The first-order valence-electron chi connectivity index (χ1n) is 11.3. The van der Waals surface area contributed by atoms with Crippen LogP contribution < -0.4 is 5.32 Å². The first-order chi connectivity index (χ1) is 15.4. The number of ether oxygens (including phenoxy) is 1. The molecular formula is C25H29Cl3N2O2. The molecule has 1 aliphatic carbocycles. The van der Waals surface area contributed by atoms with E-state index in [4.69, 9.17) is 39.5 Å². The Hall–Kier alpha value is -1.46. The molecule has 1 N–H and O–H groups in total. The summed E-state index contributed by atoms with van der Waals surface area (Å²) in [6.45, 7) is 4.81. The SMILES string of the molecule is CC(Nc1cc(C2CCC(C(=O)N3CCOCC3)CC2)ccc1Cl)c1ccc(Cl)cc1Cl. The molecule has 4 rings (SSSR count). The van der Waals surface area contributed by atoms with Gasteiger partial charge in [-0.1, -0.05) is 46.9 Å². The van der Waals surface area contributed by atoms with E-state index in [-0.39, 0.29) is 12.0 Å². The summed E-state index contributed by atoms with van der Waals surface area (Å²) in [5.74, 6) is 0.885. The van der Waals surface area contributed by atoms with Gasteiger partial charge in [-0.3, -0.25) is 4.79 Å². The Bertz CT molecular complexity index is 954. The number of carbonyl (C=O) groups is 1. The summed E-state index contributed by atoms with van der Waals surface area (Å²) >= 11 is 18.9. The highest BCUT2D eigenvalue weighted by Crippen LogP contribution is 2.39. The van der Waals surface area contributed by atoms with Crippen LogP contribution in [0.3, 0.4) is 0 Å². The van der Waals surface area contributed by atoms with Crippen molar-refractivity contribution in [3.63, 3.8) is 0 Å². The van der Waals surface area contributed by atoms with Crippen molar-refractivity contribution in [3.8, 4) is 0 Å². The van der Waals surface area contributed by atoms with Crippen LogP contribution in [-0.4, -0.2) is 37.1 Å². The zero-order valence-electron chi connectivity index (χ0n) is 18.3. The zero-order chi connectivity index (χ0) is 22.7. The van der Waals surface area contributed by atoms with Crippen LogP contribution in [0, 0.1) is 5.92 Å². The van der Waals surface area contributed by atoms with Gasteiger partial charge in [-0.2, -0.15) is 0 Å². The van der Waals surface area contributed by atoms with Crippen LogP contribution in [0.4, 0.5) is 5.69 Å². The molecule has 0 bridgehead atoms. The molecule has 1 heterocycles. The third-order valence-corrected chi connectivity index (χ3v) is 7.55. The van der Waals surface area contributed by atoms with Crippen LogP contribution in [0.5, 0.6) is 0 Å². The summed E-state index contributed by atoms with van der Waals surface area (Å²) in [6, 6.07) is 11.7. The first kappa shape index (κ1) is 23.7. The Morgan fingerprint density at radius 1 is 1.00 bits per heavy atom. The smallest absolute Gasteiger partial charge is 0.225 e. The molecule has 0 aromatic heterocycles. The minimum atomic E-state index is -0.0191. The summed E-state index contributed by atoms with van der Waals surface area (Å²) in [7, 11) is 0. The molecule has 1 atom stereocenters. The zero-order valence-corrected chi connectivity index (χ0v) is 20.5. The third kappa shape index (κ3) is 5.53. The van der Waals surface area contributed by atoms with Gasteiger partial charge in [0.25, 0.3) is 0 Å². The highest BCUT2D eigenvalue weighted by Gasteiger charge is 2.31. The van der Waals surface area contributed by atoms with E-state index in [9.17, 15) is 4.79 Å². The molecule has 4 nitrogen and oxygen atoms in total. The lowest BCUT2D eigenvalue weighted by Gasteiger charge is -2.34. The van der Waals surface area contributed by atoms with Gasteiger partial charge in [-0.25, -0.2) is 0 Å². The quantitative estimate of drug-likeness (QED) is 0.488. The molecule has 2 aromatic rings. The maximum absolute atomic E-state index is 12.8. The van der Waals surface area contributed by atoms with E-state index in [2.05, 4.69) is 24.4 Å². The number of morpholine rings is 1. The number of halogens is 3. The van der Waals surface area contributed by atoms with Crippen LogP contribution >= 0.6 is 34.8 Å². The number of nitrogens with zero attached hydrogens (tertiary/aromatic N) is 1. The van der Waals surface area contributed by atoms with Crippen molar-refractivity contribution in [1.82, 2.24) is 4.90 Å². The van der Waals surface area contributed by atoms with Crippen LogP contribution in [0.15, 0.2) is 36.4 Å². The lowest BCUT2D eigenvalue weighted by molar-refractivity contribution is -0.140. The lowest BCUT2D eigenvalue weighted by atomic mass is 9.78. The summed E-state index contributed by atoms with van der Waals surface area (Å²) in [6.07, 6.45) is 3.90. The molecule has 2 fully saturated rings. The van der Waals surface area contributed by atoms with Gasteiger partial charge >= 0.3 is 0 Å². The van der Waals surface area contributed by atoms with E-state index in [0.717, 1.165) is 50.0 Å². The molecule has 2 aliphatic rings. The van der Waals surface area contributed by atoms with Gasteiger partial charge in [-0.05, 0) is 73.9 Å². The number of carbonyl (C=O) groups excluding carboxylic acids is 1. The van der Waals surface area contributed by atoms with Gasteiger partial charge in [0.1, 0.15) is 0 Å². The van der Waals surface area contributed by atoms with E-state index in [0.29, 0.717) is 40.1 Å². The number of nitrogens with one attached hydrogen (secondary N) is 1. The molecule has 0 radical (unpaired) electrons. The van der Waals surface area contributed by atoms with Crippen molar-refractivity contribution in [3.05, 3.63) is 62.6 Å². The average molecular weight is 496 g/mol. The largest absolute Gasteiger partial charge is 0.378 e. The van der Waals surface area contributed by atoms with Crippen LogP contribution in [0.25, 0.3) is 0 Å². The van der Waals surface area contributed by atoms with E-state index in [1.165, 1.54) is 5.56 Å². The summed E-state index contributed by atoms with van der Waals surface area (Å²) in [5, 5.41) is 5.44. The Morgan fingerprint density at radius 2 is 1.72 bits per heavy atom. The molecule has 2 aromatic carbocycles. The topological polar surface area (TPSA) is 41.6 Å². The molecule has 1 unspecified atom stereocenters. The van der Waals surface area contributed by atoms with Gasteiger partial charge < -0.3 is 15.0 Å². The molecule has 1 saturated carbocycles. The second-order valence-electron chi connectivity index (χ2n) is 8.76. The number of amides is 1. The normalized spacial score (nSPS) is 22.4. The Balaban J connectivity index is 1.40. The molecule has 7 heteroatoms. The van der Waals surface area contributed by atoms with Crippen molar-refractivity contribution in [2.24, 2.45) is 5.92 Å². The number of hydrogen-bond donors (Lipinski definition) is 1. The highest BCUT2D eigenvalue weighted by molar-refractivity contribution is 6.35. The molecule has 172 valence electrons. The Kier molecular flexibility index (Phi) is 7.88. The van der Waals surface area contributed by atoms with E-state index in [1.807, 2.05) is 23.1 Å². The molecular weight excluding hydrogens is 467 g/mol. The second kappa shape index (κ2) is 10.6. The molecule has 1 aliphatic heterocycles.